The molecule has 1 fully saturated rings. The van der Waals surface area contributed by atoms with E-state index in [9.17, 15) is 14.0 Å². The summed E-state index contributed by atoms with van der Waals surface area (Å²) in [4.78, 5) is 31.3. The largest absolute Gasteiger partial charge is 0.488 e. The molecule has 1 N–H and O–H groups in total. The van der Waals surface area contributed by atoms with E-state index >= 15 is 0 Å². The van der Waals surface area contributed by atoms with Crippen LogP contribution in [0, 0.1) is 5.82 Å². The number of nitrogens with one attached hydrogen (secondary N) is 1. The maximum Gasteiger partial charge on any atom is 0.254 e. The third-order valence-electron chi connectivity index (χ3n) is 4.48. The molecule has 1 saturated heterocycles. The molecule has 3 rings (SSSR count). The van der Waals surface area contributed by atoms with E-state index < -0.39 is 5.82 Å². The Kier molecular flexibility index (Phi) is 5.78. The first-order chi connectivity index (χ1) is 12.9. The van der Waals surface area contributed by atoms with Gasteiger partial charge in [0.05, 0.1) is 12.5 Å². The lowest BCUT2D eigenvalue weighted by molar-refractivity contribution is -0.131. The van der Waals surface area contributed by atoms with Crippen molar-refractivity contribution in [3.05, 3.63) is 53.6 Å². The van der Waals surface area contributed by atoms with Crippen LogP contribution < -0.4 is 4.74 Å². The second kappa shape index (κ2) is 8.24. The van der Waals surface area contributed by atoms with Gasteiger partial charge in [-0.1, -0.05) is 0 Å². The Labute approximate surface area is 157 Å². The maximum absolute atomic E-state index is 14.1. The first-order valence-electron chi connectivity index (χ1n) is 9.09. The number of carbonyl (C=O) groups is 2. The van der Waals surface area contributed by atoms with E-state index in [0.29, 0.717) is 32.6 Å². The number of aromatic nitrogens is 1. The van der Waals surface area contributed by atoms with Gasteiger partial charge in [-0.2, -0.15) is 0 Å². The standard InChI is InChI=1S/C20H24FN3O3/c1-14(2)27-18-4-3-16(12-17(18)21)20(26)24-9-7-23(8-10-24)19(25)11-15-5-6-22-13-15/h3-6,12-14,22H,7-11H2,1-2H3. The summed E-state index contributed by atoms with van der Waals surface area (Å²) in [5, 5.41) is 0. The lowest BCUT2D eigenvalue weighted by atomic mass is 10.1. The number of aromatic amines is 1. The highest BCUT2D eigenvalue weighted by molar-refractivity contribution is 5.94. The number of benzene rings is 1. The molecule has 0 bridgehead atoms. The third-order valence-corrected chi connectivity index (χ3v) is 4.48. The molecule has 0 aliphatic carbocycles. The monoisotopic (exact) mass is 373 g/mol. The Hall–Kier alpha value is -2.83. The van der Waals surface area contributed by atoms with E-state index in [1.165, 1.54) is 12.1 Å². The highest BCUT2D eigenvalue weighted by Gasteiger charge is 2.25. The van der Waals surface area contributed by atoms with Gasteiger partial charge in [-0.05, 0) is 43.7 Å². The maximum atomic E-state index is 14.1. The lowest BCUT2D eigenvalue weighted by Gasteiger charge is -2.35. The normalized spacial score (nSPS) is 14.5. The van der Waals surface area contributed by atoms with Gasteiger partial charge >= 0.3 is 0 Å². The molecule has 2 heterocycles. The Balaban J connectivity index is 1.56. The van der Waals surface area contributed by atoms with Gasteiger partial charge in [-0.15, -0.1) is 0 Å². The molecule has 0 unspecified atom stereocenters. The number of halogens is 1. The first kappa shape index (κ1) is 18.9. The number of rotatable bonds is 5. The second-order valence-corrected chi connectivity index (χ2v) is 6.88. The van der Waals surface area contributed by atoms with Gasteiger partial charge in [-0.25, -0.2) is 4.39 Å². The minimum atomic E-state index is -0.546. The van der Waals surface area contributed by atoms with Crippen molar-refractivity contribution in [2.75, 3.05) is 26.2 Å². The molecule has 1 aromatic heterocycles. The average molecular weight is 373 g/mol. The quantitative estimate of drug-likeness (QED) is 0.876. The predicted octanol–water partition coefficient (Wildman–Crippen LogP) is 2.47. The number of carbonyl (C=O) groups excluding carboxylic acids is 2. The molecule has 1 aliphatic rings. The molecule has 7 heteroatoms. The predicted molar refractivity (Wildman–Crippen MR) is 99.1 cm³/mol. The van der Waals surface area contributed by atoms with Gasteiger partial charge < -0.3 is 19.5 Å². The number of piperazine rings is 1. The molecule has 0 spiro atoms. The third kappa shape index (κ3) is 4.67. The summed E-state index contributed by atoms with van der Waals surface area (Å²) in [5.41, 5.74) is 1.23. The van der Waals surface area contributed by atoms with Gasteiger partial charge in [0.25, 0.3) is 5.91 Å². The number of ether oxygens (including phenoxy) is 1. The summed E-state index contributed by atoms with van der Waals surface area (Å²) in [6.07, 6.45) is 3.80. The molecular weight excluding hydrogens is 349 g/mol. The minimum Gasteiger partial charge on any atom is -0.488 e. The SMILES string of the molecule is CC(C)Oc1ccc(C(=O)N2CCN(C(=O)Cc3cc[nH]c3)CC2)cc1F. The van der Waals surface area contributed by atoms with E-state index in [-0.39, 0.29) is 29.2 Å². The van der Waals surface area contributed by atoms with Crippen LogP contribution in [0.4, 0.5) is 4.39 Å². The van der Waals surface area contributed by atoms with Gasteiger partial charge in [0, 0.05) is 44.1 Å². The molecule has 1 aromatic carbocycles. The fourth-order valence-electron chi connectivity index (χ4n) is 3.08. The molecule has 0 atom stereocenters. The molecule has 2 aromatic rings. The van der Waals surface area contributed by atoms with Crippen molar-refractivity contribution < 1.29 is 18.7 Å². The fraction of sp³-hybridized carbons (Fsp3) is 0.400. The smallest absolute Gasteiger partial charge is 0.254 e. The molecule has 2 amide bonds. The van der Waals surface area contributed by atoms with Gasteiger partial charge in [0.15, 0.2) is 11.6 Å². The molecule has 0 radical (unpaired) electrons. The van der Waals surface area contributed by atoms with Crippen LogP contribution in [-0.2, 0) is 11.2 Å². The summed E-state index contributed by atoms with van der Waals surface area (Å²) in [7, 11) is 0. The van der Waals surface area contributed by atoms with Crippen molar-refractivity contribution >= 4 is 11.8 Å². The molecule has 144 valence electrons. The number of hydrogen-bond acceptors (Lipinski definition) is 3. The molecule has 0 saturated carbocycles. The fourth-order valence-corrected chi connectivity index (χ4v) is 3.08. The minimum absolute atomic E-state index is 0.0444. The Morgan fingerprint density at radius 2 is 1.85 bits per heavy atom. The Bertz CT molecular complexity index is 797. The van der Waals surface area contributed by atoms with Crippen molar-refractivity contribution in [3.8, 4) is 5.75 Å². The topological polar surface area (TPSA) is 65.6 Å². The summed E-state index contributed by atoms with van der Waals surface area (Å²) < 4.78 is 19.5. The lowest BCUT2D eigenvalue weighted by Crippen LogP contribution is -2.51. The van der Waals surface area contributed by atoms with Crippen LogP contribution in [0.3, 0.4) is 0 Å². The molecule has 1 aliphatic heterocycles. The van der Waals surface area contributed by atoms with Crippen LogP contribution in [-0.4, -0.2) is 58.9 Å². The Morgan fingerprint density at radius 1 is 1.15 bits per heavy atom. The first-order valence-corrected chi connectivity index (χ1v) is 9.09. The summed E-state index contributed by atoms with van der Waals surface area (Å²) in [6, 6.07) is 6.15. The zero-order valence-electron chi connectivity index (χ0n) is 15.6. The van der Waals surface area contributed by atoms with Crippen molar-refractivity contribution in [3.63, 3.8) is 0 Å². The molecular formula is C20H24FN3O3. The van der Waals surface area contributed by atoms with Crippen LogP contribution in [0.2, 0.25) is 0 Å². The summed E-state index contributed by atoms with van der Waals surface area (Å²) in [6.45, 7) is 5.45. The van der Waals surface area contributed by atoms with E-state index in [2.05, 4.69) is 4.98 Å². The summed E-state index contributed by atoms with van der Waals surface area (Å²) >= 11 is 0. The van der Waals surface area contributed by atoms with Gasteiger partial charge in [0.1, 0.15) is 0 Å². The number of hydrogen-bond donors (Lipinski definition) is 1. The van der Waals surface area contributed by atoms with Gasteiger partial charge in [-0.3, -0.25) is 9.59 Å². The van der Waals surface area contributed by atoms with Crippen LogP contribution in [0.15, 0.2) is 36.7 Å². The van der Waals surface area contributed by atoms with Gasteiger partial charge in [0.2, 0.25) is 5.91 Å². The number of H-pyrrole nitrogens is 1. The van der Waals surface area contributed by atoms with E-state index in [1.807, 2.05) is 19.9 Å². The van der Waals surface area contributed by atoms with Crippen molar-refractivity contribution in [1.82, 2.24) is 14.8 Å². The van der Waals surface area contributed by atoms with Crippen molar-refractivity contribution in [2.45, 2.75) is 26.4 Å². The van der Waals surface area contributed by atoms with Crippen molar-refractivity contribution in [1.29, 1.82) is 0 Å². The van der Waals surface area contributed by atoms with Crippen LogP contribution in [0.1, 0.15) is 29.8 Å². The zero-order valence-corrected chi connectivity index (χ0v) is 15.6. The number of nitrogens with zero attached hydrogens (tertiary/aromatic N) is 2. The van der Waals surface area contributed by atoms with E-state index in [4.69, 9.17) is 4.74 Å². The Morgan fingerprint density at radius 3 is 2.44 bits per heavy atom. The van der Waals surface area contributed by atoms with Crippen LogP contribution >= 0.6 is 0 Å². The van der Waals surface area contributed by atoms with E-state index in [0.717, 1.165) is 5.56 Å². The second-order valence-electron chi connectivity index (χ2n) is 6.88. The highest BCUT2D eigenvalue weighted by atomic mass is 19.1. The van der Waals surface area contributed by atoms with Crippen molar-refractivity contribution in [2.24, 2.45) is 0 Å². The van der Waals surface area contributed by atoms with Crippen LogP contribution in [0.25, 0.3) is 0 Å². The summed E-state index contributed by atoms with van der Waals surface area (Å²) in [5.74, 6) is -0.595. The number of amides is 2. The highest BCUT2D eigenvalue weighted by Crippen LogP contribution is 2.21. The van der Waals surface area contributed by atoms with Crippen LogP contribution in [0.5, 0.6) is 5.75 Å². The molecule has 27 heavy (non-hydrogen) atoms. The average Bonchev–Trinajstić information content (AvgIpc) is 3.15. The van der Waals surface area contributed by atoms with E-state index in [1.54, 1.807) is 28.3 Å². The molecule has 6 nitrogen and oxygen atoms in total. The zero-order chi connectivity index (χ0) is 19.4.